The van der Waals surface area contributed by atoms with Crippen molar-refractivity contribution < 1.29 is 18.3 Å². The molecule has 140 valence electrons. The SMILES string of the molecule is Oc1c([C@H](c2cccc(C(F)(F)F)c2)c2ccccn2)ccc2cccnc12. The van der Waals surface area contributed by atoms with Gasteiger partial charge in [0.1, 0.15) is 11.3 Å². The molecule has 4 rings (SSSR count). The molecular weight excluding hydrogens is 365 g/mol. The quantitative estimate of drug-likeness (QED) is 0.508. The first kappa shape index (κ1) is 18.0. The van der Waals surface area contributed by atoms with Crippen LogP contribution in [0, 0.1) is 0 Å². The summed E-state index contributed by atoms with van der Waals surface area (Å²) in [5, 5.41) is 11.6. The van der Waals surface area contributed by atoms with E-state index in [1.54, 1.807) is 54.9 Å². The number of phenolic OH excluding ortho intramolecular Hbond substituents is 1. The fraction of sp³-hybridized carbons (Fsp3) is 0.0909. The molecule has 0 bridgehead atoms. The van der Waals surface area contributed by atoms with Gasteiger partial charge in [0, 0.05) is 23.3 Å². The number of halogens is 3. The van der Waals surface area contributed by atoms with Crippen LogP contribution in [0.4, 0.5) is 13.2 Å². The molecular formula is C22H15F3N2O. The number of phenols is 1. The molecule has 6 heteroatoms. The number of hydrogen-bond donors (Lipinski definition) is 1. The Kier molecular flexibility index (Phi) is 4.47. The second kappa shape index (κ2) is 6.96. The van der Waals surface area contributed by atoms with Crippen molar-refractivity contribution in [1.82, 2.24) is 9.97 Å². The average molecular weight is 380 g/mol. The van der Waals surface area contributed by atoms with Gasteiger partial charge in [-0.2, -0.15) is 13.2 Å². The van der Waals surface area contributed by atoms with Crippen molar-refractivity contribution in [2.24, 2.45) is 0 Å². The minimum atomic E-state index is -4.46. The average Bonchev–Trinajstić information content (AvgIpc) is 2.71. The van der Waals surface area contributed by atoms with E-state index in [4.69, 9.17) is 0 Å². The molecule has 0 radical (unpaired) electrons. The molecule has 0 spiro atoms. The Hall–Kier alpha value is -3.41. The fourth-order valence-corrected chi connectivity index (χ4v) is 3.33. The van der Waals surface area contributed by atoms with E-state index in [1.807, 2.05) is 6.07 Å². The minimum Gasteiger partial charge on any atom is -0.505 e. The molecule has 0 aliphatic heterocycles. The lowest BCUT2D eigenvalue weighted by atomic mass is 9.86. The van der Waals surface area contributed by atoms with E-state index in [-0.39, 0.29) is 5.75 Å². The summed E-state index contributed by atoms with van der Waals surface area (Å²) in [6.45, 7) is 0. The summed E-state index contributed by atoms with van der Waals surface area (Å²) in [6.07, 6.45) is -1.32. The van der Waals surface area contributed by atoms with Gasteiger partial charge in [-0.1, -0.05) is 42.5 Å². The van der Waals surface area contributed by atoms with E-state index < -0.39 is 17.7 Å². The Labute approximate surface area is 159 Å². The Morgan fingerprint density at radius 3 is 2.39 bits per heavy atom. The third kappa shape index (κ3) is 3.29. The lowest BCUT2D eigenvalue weighted by molar-refractivity contribution is -0.137. The molecule has 2 aromatic carbocycles. The minimum absolute atomic E-state index is 0.0637. The molecule has 0 amide bonds. The number of nitrogens with zero attached hydrogens (tertiary/aromatic N) is 2. The van der Waals surface area contributed by atoms with Crippen LogP contribution in [0.25, 0.3) is 10.9 Å². The highest BCUT2D eigenvalue weighted by molar-refractivity contribution is 5.86. The van der Waals surface area contributed by atoms with Crippen molar-refractivity contribution in [3.05, 3.63) is 102 Å². The number of pyridine rings is 2. The van der Waals surface area contributed by atoms with E-state index in [9.17, 15) is 18.3 Å². The molecule has 0 fully saturated rings. The number of fused-ring (bicyclic) bond motifs is 1. The van der Waals surface area contributed by atoms with Gasteiger partial charge in [-0.25, -0.2) is 0 Å². The van der Waals surface area contributed by atoms with Gasteiger partial charge in [0.2, 0.25) is 0 Å². The second-order valence-corrected chi connectivity index (χ2v) is 6.39. The standard InChI is InChI=1S/C22H15F3N2O/c23-22(24,25)16-7-3-5-15(13-16)19(18-8-1-2-11-26-18)17-10-9-14-6-4-12-27-20(14)21(17)28/h1-13,19,28H/t19-/m0/s1. The summed E-state index contributed by atoms with van der Waals surface area (Å²) in [4.78, 5) is 8.55. The van der Waals surface area contributed by atoms with E-state index in [0.29, 0.717) is 22.3 Å². The van der Waals surface area contributed by atoms with Crippen LogP contribution in [0.2, 0.25) is 0 Å². The van der Waals surface area contributed by atoms with Crippen LogP contribution < -0.4 is 0 Å². The van der Waals surface area contributed by atoms with E-state index in [0.717, 1.165) is 17.5 Å². The Balaban J connectivity index is 1.95. The van der Waals surface area contributed by atoms with Gasteiger partial charge in [0.25, 0.3) is 0 Å². The van der Waals surface area contributed by atoms with E-state index >= 15 is 0 Å². The summed E-state index contributed by atoms with van der Waals surface area (Å²) >= 11 is 0. The van der Waals surface area contributed by atoms with Crippen molar-refractivity contribution in [3.63, 3.8) is 0 Å². The molecule has 0 aliphatic rings. The third-order valence-corrected chi connectivity index (χ3v) is 4.62. The van der Waals surface area contributed by atoms with Crippen LogP contribution in [-0.2, 0) is 6.18 Å². The Morgan fingerprint density at radius 2 is 1.64 bits per heavy atom. The highest BCUT2D eigenvalue weighted by atomic mass is 19.4. The number of benzene rings is 2. The van der Waals surface area contributed by atoms with E-state index in [2.05, 4.69) is 9.97 Å². The van der Waals surface area contributed by atoms with Gasteiger partial charge >= 0.3 is 6.18 Å². The van der Waals surface area contributed by atoms with Crippen LogP contribution in [0.3, 0.4) is 0 Å². The summed E-state index contributed by atoms with van der Waals surface area (Å²) in [7, 11) is 0. The molecule has 2 heterocycles. The first-order valence-electron chi connectivity index (χ1n) is 8.60. The molecule has 1 N–H and O–H groups in total. The first-order valence-corrected chi connectivity index (χ1v) is 8.60. The Morgan fingerprint density at radius 1 is 0.821 bits per heavy atom. The van der Waals surface area contributed by atoms with Crippen molar-refractivity contribution in [1.29, 1.82) is 0 Å². The normalized spacial score (nSPS) is 12.8. The van der Waals surface area contributed by atoms with Gasteiger partial charge in [-0.3, -0.25) is 9.97 Å². The van der Waals surface area contributed by atoms with Crippen LogP contribution in [0.15, 0.2) is 79.1 Å². The van der Waals surface area contributed by atoms with Gasteiger partial charge < -0.3 is 5.11 Å². The maximum atomic E-state index is 13.2. The van der Waals surface area contributed by atoms with Gasteiger partial charge in [0.15, 0.2) is 0 Å². The highest BCUT2D eigenvalue weighted by Gasteiger charge is 2.32. The molecule has 0 aliphatic carbocycles. The Bertz CT molecular complexity index is 1130. The number of aromatic nitrogens is 2. The molecule has 4 aromatic rings. The predicted molar refractivity (Wildman–Crippen MR) is 100 cm³/mol. The molecule has 0 saturated carbocycles. The largest absolute Gasteiger partial charge is 0.505 e. The molecule has 28 heavy (non-hydrogen) atoms. The summed E-state index contributed by atoms with van der Waals surface area (Å²) in [6, 6.07) is 17.4. The highest BCUT2D eigenvalue weighted by Crippen LogP contribution is 2.40. The lowest BCUT2D eigenvalue weighted by Crippen LogP contribution is -2.10. The molecule has 2 aromatic heterocycles. The predicted octanol–water partition coefficient (Wildman–Crippen LogP) is 5.53. The van der Waals surface area contributed by atoms with Crippen molar-refractivity contribution >= 4 is 10.9 Å². The third-order valence-electron chi connectivity index (χ3n) is 4.62. The molecule has 0 saturated heterocycles. The lowest BCUT2D eigenvalue weighted by Gasteiger charge is -2.20. The zero-order valence-corrected chi connectivity index (χ0v) is 14.6. The second-order valence-electron chi connectivity index (χ2n) is 6.39. The number of alkyl halides is 3. The monoisotopic (exact) mass is 380 g/mol. The van der Waals surface area contributed by atoms with Gasteiger partial charge in [-0.05, 0) is 29.8 Å². The topological polar surface area (TPSA) is 46.0 Å². The molecule has 3 nitrogen and oxygen atoms in total. The van der Waals surface area contributed by atoms with Crippen molar-refractivity contribution in [3.8, 4) is 5.75 Å². The number of hydrogen-bond acceptors (Lipinski definition) is 3. The van der Waals surface area contributed by atoms with Crippen molar-refractivity contribution in [2.75, 3.05) is 0 Å². The van der Waals surface area contributed by atoms with E-state index in [1.165, 1.54) is 6.07 Å². The number of aromatic hydroxyl groups is 1. The maximum absolute atomic E-state index is 13.2. The van der Waals surface area contributed by atoms with Crippen molar-refractivity contribution in [2.45, 2.75) is 12.1 Å². The molecule has 0 unspecified atom stereocenters. The van der Waals surface area contributed by atoms with Crippen LogP contribution in [0.5, 0.6) is 5.75 Å². The first-order chi connectivity index (χ1) is 13.4. The fourth-order valence-electron chi connectivity index (χ4n) is 3.33. The smallest absolute Gasteiger partial charge is 0.416 e. The summed E-state index contributed by atoms with van der Waals surface area (Å²) in [5.74, 6) is -0.735. The number of rotatable bonds is 3. The zero-order valence-electron chi connectivity index (χ0n) is 14.6. The van der Waals surface area contributed by atoms with Gasteiger partial charge in [0.05, 0.1) is 17.2 Å². The van der Waals surface area contributed by atoms with Crippen LogP contribution >= 0.6 is 0 Å². The maximum Gasteiger partial charge on any atom is 0.416 e. The van der Waals surface area contributed by atoms with Crippen LogP contribution in [-0.4, -0.2) is 15.1 Å². The summed E-state index contributed by atoms with van der Waals surface area (Å²) in [5.41, 5.74) is 1.02. The molecule has 1 atom stereocenters. The zero-order chi connectivity index (χ0) is 19.7. The summed E-state index contributed by atoms with van der Waals surface area (Å²) < 4.78 is 39.7. The van der Waals surface area contributed by atoms with Crippen LogP contribution in [0.1, 0.15) is 28.3 Å². The van der Waals surface area contributed by atoms with Gasteiger partial charge in [-0.15, -0.1) is 0 Å².